The quantitative estimate of drug-likeness (QED) is 0.892. The average Bonchev–Trinajstić information content (AvgIpc) is 2.50. The monoisotopic (exact) mass is 300 g/mol. The van der Waals surface area contributed by atoms with Crippen LogP contribution in [0, 0.1) is 12.7 Å². The summed E-state index contributed by atoms with van der Waals surface area (Å²) in [6, 6.07) is 12.7. The molecule has 5 heteroatoms. The molecule has 2 amide bonds. The van der Waals surface area contributed by atoms with E-state index < -0.39 is 0 Å². The first-order valence-corrected chi connectivity index (χ1v) is 6.95. The summed E-state index contributed by atoms with van der Waals surface area (Å²) in [6.07, 6.45) is 0.148. The summed E-state index contributed by atoms with van der Waals surface area (Å²) < 4.78 is 12.7. The van der Waals surface area contributed by atoms with Crippen LogP contribution >= 0.6 is 0 Å². The Morgan fingerprint density at radius 2 is 1.64 bits per heavy atom. The van der Waals surface area contributed by atoms with Crippen molar-refractivity contribution in [1.29, 1.82) is 0 Å². The molecule has 0 aliphatic carbocycles. The van der Waals surface area contributed by atoms with Gasteiger partial charge < -0.3 is 10.6 Å². The molecule has 2 aromatic rings. The molecule has 0 bridgehead atoms. The Morgan fingerprint density at radius 3 is 2.27 bits per heavy atom. The zero-order valence-corrected chi connectivity index (χ0v) is 12.2. The summed E-state index contributed by atoms with van der Waals surface area (Å²) in [5.74, 6) is -0.811. The van der Waals surface area contributed by atoms with E-state index in [9.17, 15) is 14.0 Å². The number of aryl methyl sites for hydroxylation is 1. The number of hydrogen-bond donors (Lipinski definition) is 2. The van der Waals surface area contributed by atoms with Gasteiger partial charge in [-0.05, 0) is 43.3 Å². The van der Waals surface area contributed by atoms with Crippen LogP contribution in [-0.4, -0.2) is 18.4 Å². The maximum absolute atomic E-state index is 12.7. The highest BCUT2D eigenvalue weighted by atomic mass is 19.1. The molecule has 0 saturated carbocycles. The smallest absolute Gasteiger partial charge is 0.251 e. The number of carbonyl (C=O) groups is 2. The van der Waals surface area contributed by atoms with Gasteiger partial charge in [0, 0.05) is 24.2 Å². The normalized spacial score (nSPS) is 10.1. The van der Waals surface area contributed by atoms with Crippen molar-refractivity contribution >= 4 is 17.5 Å². The second-order valence-corrected chi connectivity index (χ2v) is 4.93. The Balaban J connectivity index is 1.75. The van der Waals surface area contributed by atoms with Crippen LogP contribution in [0.5, 0.6) is 0 Å². The fourth-order valence-corrected chi connectivity index (χ4v) is 1.85. The molecule has 2 aromatic carbocycles. The Labute approximate surface area is 128 Å². The molecular weight excluding hydrogens is 283 g/mol. The van der Waals surface area contributed by atoms with Crippen molar-refractivity contribution in [2.45, 2.75) is 13.3 Å². The van der Waals surface area contributed by atoms with E-state index in [1.54, 1.807) is 12.1 Å². The van der Waals surface area contributed by atoms with E-state index in [0.717, 1.165) is 5.56 Å². The van der Waals surface area contributed by atoms with Crippen molar-refractivity contribution in [2.24, 2.45) is 0 Å². The minimum atomic E-state index is -0.358. The van der Waals surface area contributed by atoms with Crippen molar-refractivity contribution in [3.63, 3.8) is 0 Å². The van der Waals surface area contributed by atoms with Gasteiger partial charge in [0.1, 0.15) is 5.82 Å². The van der Waals surface area contributed by atoms with E-state index in [2.05, 4.69) is 10.6 Å². The molecule has 114 valence electrons. The van der Waals surface area contributed by atoms with Gasteiger partial charge in [0.15, 0.2) is 0 Å². The van der Waals surface area contributed by atoms with Gasteiger partial charge >= 0.3 is 0 Å². The fourth-order valence-electron chi connectivity index (χ4n) is 1.85. The minimum absolute atomic E-state index is 0.148. The van der Waals surface area contributed by atoms with Gasteiger partial charge in [-0.25, -0.2) is 4.39 Å². The van der Waals surface area contributed by atoms with Crippen LogP contribution in [-0.2, 0) is 4.79 Å². The van der Waals surface area contributed by atoms with Gasteiger partial charge in [-0.15, -0.1) is 0 Å². The predicted molar refractivity (Wildman–Crippen MR) is 83.2 cm³/mol. The number of benzene rings is 2. The van der Waals surface area contributed by atoms with Crippen molar-refractivity contribution < 1.29 is 14.0 Å². The molecule has 0 atom stereocenters. The Morgan fingerprint density at radius 1 is 1.00 bits per heavy atom. The van der Waals surface area contributed by atoms with Gasteiger partial charge in [-0.2, -0.15) is 0 Å². The molecule has 2 N–H and O–H groups in total. The molecular formula is C17H17FN2O2. The second kappa shape index (κ2) is 7.36. The molecule has 0 saturated heterocycles. The summed E-state index contributed by atoms with van der Waals surface area (Å²) in [4.78, 5) is 23.6. The van der Waals surface area contributed by atoms with Gasteiger partial charge in [-0.3, -0.25) is 9.59 Å². The lowest BCUT2D eigenvalue weighted by Crippen LogP contribution is -2.27. The van der Waals surface area contributed by atoms with E-state index in [1.807, 2.05) is 19.1 Å². The standard InChI is InChI=1S/C17H17FN2O2/c1-12-2-4-13(5-3-12)17(22)19-11-10-16(21)20-15-8-6-14(18)7-9-15/h2-9H,10-11H2,1H3,(H,19,22)(H,20,21). The summed E-state index contributed by atoms with van der Waals surface area (Å²) >= 11 is 0. The predicted octanol–water partition coefficient (Wildman–Crippen LogP) is 2.89. The number of amides is 2. The molecule has 0 heterocycles. The molecule has 4 nitrogen and oxygen atoms in total. The molecule has 22 heavy (non-hydrogen) atoms. The summed E-state index contributed by atoms with van der Waals surface area (Å²) in [6.45, 7) is 2.18. The molecule has 0 aliphatic rings. The molecule has 0 radical (unpaired) electrons. The highest BCUT2D eigenvalue weighted by Gasteiger charge is 2.06. The maximum Gasteiger partial charge on any atom is 0.251 e. The number of nitrogens with one attached hydrogen (secondary N) is 2. The second-order valence-electron chi connectivity index (χ2n) is 4.93. The van der Waals surface area contributed by atoms with Crippen LogP contribution in [0.1, 0.15) is 22.3 Å². The molecule has 0 aliphatic heterocycles. The Bertz CT molecular complexity index is 651. The van der Waals surface area contributed by atoms with Gasteiger partial charge in [0.25, 0.3) is 5.91 Å². The SMILES string of the molecule is Cc1ccc(C(=O)NCCC(=O)Nc2ccc(F)cc2)cc1. The van der Waals surface area contributed by atoms with Crippen molar-refractivity contribution in [3.05, 3.63) is 65.5 Å². The van der Waals surface area contributed by atoms with E-state index >= 15 is 0 Å². The molecule has 2 rings (SSSR count). The minimum Gasteiger partial charge on any atom is -0.352 e. The number of hydrogen-bond acceptors (Lipinski definition) is 2. The highest BCUT2D eigenvalue weighted by molar-refractivity contribution is 5.95. The van der Waals surface area contributed by atoms with Gasteiger partial charge in [0.2, 0.25) is 5.91 Å². The lowest BCUT2D eigenvalue weighted by Gasteiger charge is -2.07. The first-order valence-electron chi connectivity index (χ1n) is 6.95. The zero-order chi connectivity index (χ0) is 15.9. The number of carbonyl (C=O) groups excluding carboxylic acids is 2. The lowest BCUT2D eigenvalue weighted by atomic mass is 10.1. The maximum atomic E-state index is 12.7. The van der Waals surface area contributed by atoms with E-state index in [-0.39, 0.29) is 30.6 Å². The Kier molecular flexibility index (Phi) is 5.25. The molecule has 0 spiro atoms. The first-order chi connectivity index (χ1) is 10.5. The summed E-state index contributed by atoms with van der Waals surface area (Å²) in [7, 11) is 0. The van der Waals surface area contributed by atoms with Crippen LogP contribution in [0.25, 0.3) is 0 Å². The van der Waals surface area contributed by atoms with Gasteiger partial charge in [-0.1, -0.05) is 17.7 Å². The molecule has 0 fully saturated rings. The number of halogens is 1. The van der Waals surface area contributed by atoms with Gasteiger partial charge in [0.05, 0.1) is 0 Å². The van der Waals surface area contributed by atoms with Crippen LogP contribution in [0.4, 0.5) is 10.1 Å². The summed E-state index contributed by atoms with van der Waals surface area (Å²) in [5, 5.41) is 5.32. The number of rotatable bonds is 5. The van der Waals surface area contributed by atoms with Crippen molar-refractivity contribution in [1.82, 2.24) is 5.32 Å². The van der Waals surface area contributed by atoms with E-state index in [1.165, 1.54) is 24.3 Å². The fraction of sp³-hybridized carbons (Fsp3) is 0.176. The zero-order valence-electron chi connectivity index (χ0n) is 12.2. The largest absolute Gasteiger partial charge is 0.352 e. The number of anilines is 1. The molecule has 0 unspecified atom stereocenters. The van der Waals surface area contributed by atoms with E-state index in [0.29, 0.717) is 11.3 Å². The average molecular weight is 300 g/mol. The van der Waals surface area contributed by atoms with Crippen molar-refractivity contribution in [2.75, 3.05) is 11.9 Å². The molecule has 0 aromatic heterocycles. The van der Waals surface area contributed by atoms with Crippen molar-refractivity contribution in [3.8, 4) is 0 Å². The Hall–Kier alpha value is -2.69. The van der Waals surface area contributed by atoms with Crippen LogP contribution < -0.4 is 10.6 Å². The lowest BCUT2D eigenvalue weighted by molar-refractivity contribution is -0.116. The van der Waals surface area contributed by atoms with Crippen LogP contribution in [0.2, 0.25) is 0 Å². The topological polar surface area (TPSA) is 58.2 Å². The first kappa shape index (κ1) is 15.7. The third-order valence-corrected chi connectivity index (χ3v) is 3.08. The van der Waals surface area contributed by atoms with Crippen LogP contribution in [0.15, 0.2) is 48.5 Å². The third-order valence-electron chi connectivity index (χ3n) is 3.08. The summed E-state index contributed by atoms with van der Waals surface area (Å²) in [5.41, 5.74) is 2.16. The van der Waals surface area contributed by atoms with Crippen LogP contribution in [0.3, 0.4) is 0 Å². The highest BCUT2D eigenvalue weighted by Crippen LogP contribution is 2.08. The van der Waals surface area contributed by atoms with E-state index in [4.69, 9.17) is 0 Å². The third kappa shape index (κ3) is 4.70.